The molecule has 0 aromatic heterocycles. The molecule has 0 amide bonds. The minimum absolute atomic E-state index is 0.128. The van der Waals surface area contributed by atoms with Gasteiger partial charge in [-0.1, -0.05) is 23.2 Å². The van der Waals surface area contributed by atoms with Crippen LogP contribution in [0.2, 0.25) is 10.0 Å². The van der Waals surface area contributed by atoms with Crippen LogP contribution in [0.3, 0.4) is 0 Å². The van der Waals surface area contributed by atoms with Gasteiger partial charge in [0.25, 0.3) is 0 Å². The molecule has 0 aliphatic carbocycles. The molecule has 0 heterocycles. The third-order valence-corrected chi connectivity index (χ3v) is 2.26. The Morgan fingerprint density at radius 1 is 1.09 bits per heavy atom. The van der Waals surface area contributed by atoms with Crippen LogP contribution >= 0.6 is 23.2 Å². The molecule has 0 fully saturated rings. The lowest BCUT2D eigenvalue weighted by Gasteiger charge is -2.02. The molecule has 11 heavy (non-hydrogen) atoms. The summed E-state index contributed by atoms with van der Waals surface area (Å²) in [5.41, 5.74) is 0.228. The lowest BCUT2D eigenvalue weighted by atomic mass is 10.2. The van der Waals surface area contributed by atoms with E-state index in [1.54, 1.807) is 0 Å². The van der Waals surface area contributed by atoms with Crippen molar-refractivity contribution >= 4 is 23.2 Å². The van der Waals surface area contributed by atoms with Gasteiger partial charge in [-0.2, -0.15) is 0 Å². The minimum atomic E-state index is -0.786. The van der Waals surface area contributed by atoms with E-state index in [-0.39, 0.29) is 15.6 Å². The highest BCUT2D eigenvalue weighted by molar-refractivity contribution is 6.36. The van der Waals surface area contributed by atoms with Gasteiger partial charge in [-0.3, -0.25) is 0 Å². The van der Waals surface area contributed by atoms with Crippen molar-refractivity contribution in [3.63, 3.8) is 0 Å². The van der Waals surface area contributed by atoms with Crippen LogP contribution in [0.25, 0.3) is 0 Å². The first-order valence-electron chi connectivity index (χ1n) is 2.83. The molecule has 0 spiro atoms. The van der Waals surface area contributed by atoms with Crippen molar-refractivity contribution < 1.29 is 8.78 Å². The molecule has 0 unspecified atom stereocenters. The van der Waals surface area contributed by atoms with Crippen molar-refractivity contribution in [1.82, 2.24) is 0 Å². The van der Waals surface area contributed by atoms with E-state index in [1.807, 2.05) is 0 Å². The summed E-state index contributed by atoms with van der Waals surface area (Å²) in [6.07, 6.45) is 0. The summed E-state index contributed by atoms with van der Waals surface area (Å²) in [4.78, 5) is 0. The highest BCUT2D eigenvalue weighted by Crippen LogP contribution is 2.28. The zero-order valence-electron chi connectivity index (χ0n) is 5.59. The van der Waals surface area contributed by atoms with Crippen LogP contribution in [0.4, 0.5) is 8.78 Å². The molecule has 1 aromatic rings. The first-order chi connectivity index (χ1) is 5.04. The fourth-order valence-electron chi connectivity index (χ4n) is 0.693. The van der Waals surface area contributed by atoms with Crippen molar-refractivity contribution in [3.8, 4) is 0 Å². The average molecular weight is 197 g/mol. The molecule has 0 radical (unpaired) electrons. The van der Waals surface area contributed by atoms with Crippen LogP contribution in [0, 0.1) is 18.6 Å². The Morgan fingerprint density at radius 3 is 1.82 bits per heavy atom. The lowest BCUT2D eigenvalue weighted by molar-refractivity contribution is 0.582. The predicted octanol–water partition coefficient (Wildman–Crippen LogP) is 3.58. The first kappa shape index (κ1) is 8.75. The molecule has 0 N–H and O–H groups in total. The Morgan fingerprint density at radius 2 is 1.45 bits per heavy atom. The standard InChI is InChI=1S/C7H4Cl2F2/c1-3-6(8)4(10)2-5(11)7(3)9/h2H,1H3. The monoisotopic (exact) mass is 196 g/mol. The maximum absolute atomic E-state index is 12.6. The predicted molar refractivity (Wildman–Crippen MR) is 41.1 cm³/mol. The molecule has 0 saturated carbocycles. The Balaban J connectivity index is 3.46. The number of rotatable bonds is 0. The molecule has 0 aliphatic rings. The van der Waals surface area contributed by atoms with Crippen LogP contribution in [0.15, 0.2) is 6.07 Å². The third-order valence-electron chi connectivity index (χ3n) is 1.33. The number of hydrogen-bond donors (Lipinski definition) is 0. The number of benzene rings is 1. The quantitative estimate of drug-likeness (QED) is 0.557. The minimum Gasteiger partial charge on any atom is -0.205 e. The van der Waals surface area contributed by atoms with Gasteiger partial charge in [0, 0.05) is 6.07 Å². The molecular weight excluding hydrogens is 193 g/mol. The van der Waals surface area contributed by atoms with Gasteiger partial charge in [0.1, 0.15) is 11.6 Å². The Hall–Kier alpha value is -0.340. The Kier molecular flexibility index (Phi) is 2.35. The summed E-state index contributed by atoms with van der Waals surface area (Å²) in [5, 5.41) is -0.257. The molecule has 60 valence electrons. The van der Waals surface area contributed by atoms with Crippen LogP contribution in [-0.4, -0.2) is 0 Å². The molecule has 1 rings (SSSR count). The molecule has 0 atom stereocenters. The second kappa shape index (κ2) is 2.95. The van der Waals surface area contributed by atoms with Crippen LogP contribution in [0.1, 0.15) is 5.56 Å². The maximum atomic E-state index is 12.6. The summed E-state index contributed by atoms with van der Waals surface area (Å²) >= 11 is 10.9. The summed E-state index contributed by atoms with van der Waals surface area (Å²) in [7, 11) is 0. The summed E-state index contributed by atoms with van der Waals surface area (Å²) in [6.45, 7) is 1.46. The van der Waals surface area contributed by atoms with Gasteiger partial charge in [-0.25, -0.2) is 8.78 Å². The van der Waals surface area contributed by atoms with Crippen LogP contribution in [-0.2, 0) is 0 Å². The second-order valence-corrected chi connectivity index (χ2v) is 2.85. The van der Waals surface area contributed by atoms with Gasteiger partial charge in [-0.05, 0) is 12.5 Å². The SMILES string of the molecule is Cc1c(Cl)c(F)cc(F)c1Cl. The smallest absolute Gasteiger partial charge is 0.145 e. The normalized spacial score (nSPS) is 10.3. The molecule has 0 nitrogen and oxygen atoms in total. The van der Waals surface area contributed by atoms with Crippen LogP contribution < -0.4 is 0 Å². The fourth-order valence-corrected chi connectivity index (χ4v) is 1.04. The highest BCUT2D eigenvalue weighted by atomic mass is 35.5. The molecule has 0 saturated heterocycles. The van der Waals surface area contributed by atoms with Crippen molar-refractivity contribution in [3.05, 3.63) is 33.3 Å². The fraction of sp³-hybridized carbons (Fsp3) is 0.143. The van der Waals surface area contributed by atoms with Gasteiger partial charge < -0.3 is 0 Å². The van der Waals surface area contributed by atoms with E-state index in [2.05, 4.69) is 0 Å². The van der Waals surface area contributed by atoms with Gasteiger partial charge >= 0.3 is 0 Å². The highest BCUT2D eigenvalue weighted by Gasteiger charge is 2.11. The topological polar surface area (TPSA) is 0 Å². The van der Waals surface area contributed by atoms with Crippen molar-refractivity contribution in [2.24, 2.45) is 0 Å². The van der Waals surface area contributed by atoms with E-state index < -0.39 is 11.6 Å². The van der Waals surface area contributed by atoms with Crippen molar-refractivity contribution in [1.29, 1.82) is 0 Å². The zero-order chi connectivity index (χ0) is 8.59. The van der Waals surface area contributed by atoms with Crippen LogP contribution in [0.5, 0.6) is 0 Å². The van der Waals surface area contributed by atoms with Gasteiger partial charge in [0.2, 0.25) is 0 Å². The number of halogens is 4. The molecule has 1 aromatic carbocycles. The van der Waals surface area contributed by atoms with E-state index in [9.17, 15) is 8.78 Å². The average Bonchev–Trinajstić information content (AvgIpc) is 1.97. The Labute approximate surface area is 72.7 Å². The van der Waals surface area contributed by atoms with E-state index in [0.29, 0.717) is 6.07 Å². The molecular formula is C7H4Cl2F2. The molecule has 0 aliphatic heterocycles. The largest absolute Gasteiger partial charge is 0.205 e. The lowest BCUT2D eigenvalue weighted by Crippen LogP contribution is -1.88. The van der Waals surface area contributed by atoms with E-state index in [1.165, 1.54) is 6.92 Å². The zero-order valence-corrected chi connectivity index (χ0v) is 7.10. The summed E-state index contributed by atoms with van der Waals surface area (Å²) < 4.78 is 25.2. The van der Waals surface area contributed by atoms with E-state index >= 15 is 0 Å². The summed E-state index contributed by atoms with van der Waals surface area (Å²) in [6, 6.07) is 0.664. The van der Waals surface area contributed by atoms with E-state index in [0.717, 1.165) is 0 Å². The number of hydrogen-bond acceptors (Lipinski definition) is 0. The molecule has 4 heteroatoms. The first-order valence-corrected chi connectivity index (χ1v) is 3.59. The van der Waals surface area contributed by atoms with E-state index in [4.69, 9.17) is 23.2 Å². The molecule has 0 bridgehead atoms. The summed E-state index contributed by atoms with van der Waals surface area (Å²) in [5.74, 6) is -1.57. The third kappa shape index (κ3) is 1.47. The van der Waals surface area contributed by atoms with Gasteiger partial charge in [-0.15, -0.1) is 0 Å². The van der Waals surface area contributed by atoms with Gasteiger partial charge in [0.05, 0.1) is 10.0 Å². The maximum Gasteiger partial charge on any atom is 0.145 e. The Bertz CT molecular complexity index is 271. The second-order valence-electron chi connectivity index (χ2n) is 2.09. The van der Waals surface area contributed by atoms with Crippen molar-refractivity contribution in [2.75, 3.05) is 0 Å². The van der Waals surface area contributed by atoms with Crippen molar-refractivity contribution in [2.45, 2.75) is 6.92 Å². The van der Waals surface area contributed by atoms with Gasteiger partial charge in [0.15, 0.2) is 0 Å².